The third-order valence-corrected chi connectivity index (χ3v) is 2.35. The molecule has 0 spiro atoms. The Kier molecular flexibility index (Phi) is 4.45. The van der Waals surface area contributed by atoms with Crippen LogP contribution in [0.1, 0.15) is 18.9 Å². The average Bonchev–Trinajstić information content (AvgIpc) is 2.22. The van der Waals surface area contributed by atoms with Gasteiger partial charge in [-0.15, -0.1) is 6.42 Å². The third kappa shape index (κ3) is 3.02. The first-order valence-corrected chi connectivity index (χ1v) is 4.93. The van der Waals surface area contributed by atoms with Gasteiger partial charge in [0.15, 0.2) is 0 Å². The molecule has 0 bridgehead atoms. The van der Waals surface area contributed by atoms with Gasteiger partial charge in [-0.2, -0.15) is 0 Å². The molecule has 0 aliphatic rings. The Morgan fingerprint density at radius 3 is 3.07 bits per heavy atom. The highest BCUT2D eigenvalue weighted by Gasteiger charge is 2.03. The fourth-order valence-corrected chi connectivity index (χ4v) is 1.29. The molecule has 1 rings (SSSR count). The van der Waals surface area contributed by atoms with Gasteiger partial charge in [-0.1, -0.05) is 24.4 Å². The zero-order chi connectivity index (χ0) is 10.4. The maximum atomic E-state index is 5.94. The molecular formula is C11H13ClN2. The second-order valence-corrected chi connectivity index (χ2v) is 3.38. The number of nitrogens with zero attached hydrogens (tertiary/aromatic N) is 1. The summed E-state index contributed by atoms with van der Waals surface area (Å²) in [5.41, 5.74) is 1.02. The van der Waals surface area contributed by atoms with E-state index in [1.54, 1.807) is 12.4 Å². The van der Waals surface area contributed by atoms with E-state index in [0.717, 1.165) is 12.0 Å². The fourth-order valence-electron chi connectivity index (χ4n) is 1.10. The molecule has 1 atom stereocenters. The first-order valence-electron chi connectivity index (χ1n) is 4.55. The van der Waals surface area contributed by atoms with Crippen LogP contribution in [0, 0.1) is 12.3 Å². The summed E-state index contributed by atoms with van der Waals surface area (Å²) in [6.07, 6.45) is 9.60. The number of hydrogen-bond acceptors (Lipinski definition) is 2. The SMILES string of the molecule is C#CC(CC)NCc1ccncc1Cl. The second kappa shape index (κ2) is 5.64. The van der Waals surface area contributed by atoms with E-state index in [2.05, 4.69) is 16.2 Å². The van der Waals surface area contributed by atoms with Crippen molar-refractivity contribution in [2.75, 3.05) is 0 Å². The van der Waals surface area contributed by atoms with E-state index >= 15 is 0 Å². The molecule has 0 aromatic carbocycles. The summed E-state index contributed by atoms with van der Waals surface area (Å²) in [4.78, 5) is 3.91. The van der Waals surface area contributed by atoms with Crippen molar-refractivity contribution in [3.05, 3.63) is 29.0 Å². The van der Waals surface area contributed by atoms with Crippen molar-refractivity contribution < 1.29 is 0 Å². The standard InChI is InChI=1S/C11H13ClN2/c1-3-10(4-2)14-7-9-5-6-13-8-11(9)12/h1,5-6,8,10,14H,4,7H2,2H3. The van der Waals surface area contributed by atoms with Crippen molar-refractivity contribution >= 4 is 11.6 Å². The maximum Gasteiger partial charge on any atom is 0.0686 e. The zero-order valence-electron chi connectivity index (χ0n) is 8.13. The van der Waals surface area contributed by atoms with E-state index in [9.17, 15) is 0 Å². The molecule has 0 saturated carbocycles. The molecule has 1 unspecified atom stereocenters. The largest absolute Gasteiger partial charge is 0.300 e. The summed E-state index contributed by atoms with van der Waals surface area (Å²) in [7, 11) is 0. The van der Waals surface area contributed by atoms with Crippen molar-refractivity contribution in [2.24, 2.45) is 0 Å². The number of nitrogens with one attached hydrogen (secondary N) is 1. The van der Waals surface area contributed by atoms with Crippen LogP contribution >= 0.6 is 11.6 Å². The lowest BCUT2D eigenvalue weighted by atomic mass is 10.2. The smallest absolute Gasteiger partial charge is 0.0686 e. The van der Waals surface area contributed by atoms with Gasteiger partial charge in [-0.3, -0.25) is 10.3 Å². The molecule has 2 nitrogen and oxygen atoms in total. The Morgan fingerprint density at radius 1 is 1.71 bits per heavy atom. The van der Waals surface area contributed by atoms with E-state index in [4.69, 9.17) is 18.0 Å². The highest BCUT2D eigenvalue weighted by molar-refractivity contribution is 6.31. The summed E-state index contributed by atoms with van der Waals surface area (Å²) in [5.74, 6) is 2.67. The van der Waals surface area contributed by atoms with Crippen LogP contribution in [-0.2, 0) is 6.54 Å². The molecule has 3 heteroatoms. The Labute approximate surface area is 89.7 Å². The van der Waals surface area contributed by atoms with Crippen LogP contribution in [0.4, 0.5) is 0 Å². The normalized spacial score (nSPS) is 12.1. The quantitative estimate of drug-likeness (QED) is 0.768. The molecular weight excluding hydrogens is 196 g/mol. The van der Waals surface area contributed by atoms with Crippen LogP contribution in [0.15, 0.2) is 18.5 Å². The van der Waals surface area contributed by atoms with Crippen LogP contribution in [0.25, 0.3) is 0 Å². The maximum absolute atomic E-state index is 5.94. The lowest BCUT2D eigenvalue weighted by Gasteiger charge is -2.10. The molecule has 1 aromatic heterocycles. The molecule has 0 aliphatic carbocycles. The first kappa shape index (κ1) is 11.0. The molecule has 0 radical (unpaired) electrons. The molecule has 1 heterocycles. The highest BCUT2D eigenvalue weighted by atomic mass is 35.5. The van der Waals surface area contributed by atoms with Crippen molar-refractivity contribution in [2.45, 2.75) is 25.9 Å². The van der Waals surface area contributed by atoms with Gasteiger partial charge in [0.1, 0.15) is 0 Å². The topological polar surface area (TPSA) is 24.9 Å². The number of halogens is 1. The van der Waals surface area contributed by atoms with Gasteiger partial charge in [0.2, 0.25) is 0 Å². The number of aromatic nitrogens is 1. The van der Waals surface area contributed by atoms with Crippen molar-refractivity contribution in [3.63, 3.8) is 0 Å². The Hall–Kier alpha value is -1.04. The fraction of sp³-hybridized carbons (Fsp3) is 0.364. The van der Waals surface area contributed by atoms with Crippen LogP contribution in [0.3, 0.4) is 0 Å². The van der Waals surface area contributed by atoms with E-state index in [1.807, 2.05) is 13.0 Å². The Bertz CT molecular complexity index is 330. The van der Waals surface area contributed by atoms with Crippen molar-refractivity contribution in [1.29, 1.82) is 0 Å². The van der Waals surface area contributed by atoms with E-state index in [-0.39, 0.29) is 6.04 Å². The Morgan fingerprint density at radius 2 is 2.50 bits per heavy atom. The molecule has 1 N–H and O–H groups in total. The van der Waals surface area contributed by atoms with E-state index in [0.29, 0.717) is 11.6 Å². The highest BCUT2D eigenvalue weighted by Crippen LogP contribution is 2.12. The third-order valence-electron chi connectivity index (χ3n) is 2.00. The Balaban J connectivity index is 2.54. The number of pyridine rings is 1. The number of rotatable bonds is 4. The number of hydrogen-bond donors (Lipinski definition) is 1. The van der Waals surface area contributed by atoms with E-state index in [1.165, 1.54) is 0 Å². The lowest BCUT2D eigenvalue weighted by Crippen LogP contribution is -2.26. The summed E-state index contributed by atoms with van der Waals surface area (Å²) in [6, 6.07) is 2.00. The molecule has 1 aromatic rings. The molecule has 14 heavy (non-hydrogen) atoms. The molecule has 74 valence electrons. The van der Waals surface area contributed by atoms with Crippen LogP contribution in [0.5, 0.6) is 0 Å². The summed E-state index contributed by atoms with van der Waals surface area (Å²) >= 11 is 5.94. The van der Waals surface area contributed by atoms with Gasteiger partial charge in [0, 0.05) is 18.9 Å². The lowest BCUT2D eigenvalue weighted by molar-refractivity contribution is 0.592. The summed E-state index contributed by atoms with van der Waals surface area (Å²) in [6.45, 7) is 2.73. The van der Waals surface area contributed by atoms with Crippen LogP contribution < -0.4 is 5.32 Å². The minimum atomic E-state index is 0.110. The van der Waals surface area contributed by atoms with E-state index < -0.39 is 0 Å². The van der Waals surface area contributed by atoms with Gasteiger partial charge in [-0.25, -0.2) is 0 Å². The minimum Gasteiger partial charge on any atom is -0.300 e. The summed E-state index contributed by atoms with van der Waals surface area (Å²) in [5, 5.41) is 3.90. The zero-order valence-corrected chi connectivity index (χ0v) is 8.88. The van der Waals surface area contributed by atoms with Crippen LogP contribution in [-0.4, -0.2) is 11.0 Å². The molecule has 0 amide bonds. The van der Waals surface area contributed by atoms with Gasteiger partial charge in [0.05, 0.1) is 11.1 Å². The molecule has 0 fully saturated rings. The minimum absolute atomic E-state index is 0.110. The predicted molar refractivity (Wildman–Crippen MR) is 59.0 cm³/mol. The first-order chi connectivity index (χ1) is 6.77. The predicted octanol–water partition coefficient (Wildman–Crippen LogP) is 2.24. The van der Waals surface area contributed by atoms with Gasteiger partial charge < -0.3 is 0 Å². The van der Waals surface area contributed by atoms with Crippen LogP contribution in [0.2, 0.25) is 5.02 Å². The molecule has 0 saturated heterocycles. The second-order valence-electron chi connectivity index (χ2n) is 2.98. The molecule has 0 aliphatic heterocycles. The van der Waals surface area contributed by atoms with Gasteiger partial charge in [-0.05, 0) is 18.1 Å². The van der Waals surface area contributed by atoms with Gasteiger partial charge in [0.25, 0.3) is 0 Å². The summed E-state index contributed by atoms with van der Waals surface area (Å²) < 4.78 is 0. The number of terminal acetylenes is 1. The average molecular weight is 209 g/mol. The van der Waals surface area contributed by atoms with Crippen molar-refractivity contribution in [1.82, 2.24) is 10.3 Å². The van der Waals surface area contributed by atoms with Crippen molar-refractivity contribution in [3.8, 4) is 12.3 Å². The van der Waals surface area contributed by atoms with Gasteiger partial charge >= 0.3 is 0 Å². The monoisotopic (exact) mass is 208 g/mol.